The molecule has 1 saturated carbocycles. The fourth-order valence-corrected chi connectivity index (χ4v) is 2.28. The molecule has 1 nitrogen and oxygen atoms in total. The Morgan fingerprint density at radius 3 is 2.50 bits per heavy atom. The fraction of sp³-hybridized carbons (Fsp3) is 0.538. The van der Waals surface area contributed by atoms with Crippen molar-refractivity contribution in [1.29, 1.82) is 0 Å². The van der Waals surface area contributed by atoms with Crippen molar-refractivity contribution in [2.24, 2.45) is 17.1 Å². The normalized spacial score (nSPS) is 19.5. The second kappa shape index (κ2) is 4.13. The Labute approximate surface area is 94.7 Å². The van der Waals surface area contributed by atoms with Crippen LogP contribution >= 0.6 is 0 Å². The molecular weight excluding hydrogens is 208 g/mol. The molecule has 0 aliphatic heterocycles. The molecular formula is C13H17F2N. The first-order valence-corrected chi connectivity index (χ1v) is 5.69. The molecule has 88 valence electrons. The van der Waals surface area contributed by atoms with Crippen LogP contribution in [0.25, 0.3) is 0 Å². The van der Waals surface area contributed by atoms with E-state index in [0.29, 0.717) is 12.5 Å². The predicted molar refractivity (Wildman–Crippen MR) is 59.9 cm³/mol. The SMILES string of the molecule is CC(CN)(Cc1ccc(F)c(F)c1)C1CC1. The highest BCUT2D eigenvalue weighted by molar-refractivity contribution is 5.20. The van der Waals surface area contributed by atoms with Crippen LogP contribution in [-0.4, -0.2) is 6.54 Å². The zero-order valence-corrected chi connectivity index (χ0v) is 9.47. The molecule has 0 saturated heterocycles. The molecule has 2 rings (SSSR count). The standard InChI is InChI=1S/C13H17F2N/c1-13(8-16,10-3-4-10)7-9-2-5-11(14)12(15)6-9/h2,5-6,10H,3-4,7-8,16H2,1H3. The third-order valence-corrected chi connectivity index (χ3v) is 3.62. The van der Waals surface area contributed by atoms with E-state index in [-0.39, 0.29) is 5.41 Å². The third-order valence-electron chi connectivity index (χ3n) is 3.62. The third kappa shape index (κ3) is 2.24. The van der Waals surface area contributed by atoms with Crippen LogP contribution in [0.2, 0.25) is 0 Å². The predicted octanol–water partition coefficient (Wildman–Crippen LogP) is 2.88. The smallest absolute Gasteiger partial charge is 0.159 e. The second-order valence-corrected chi connectivity index (χ2v) is 5.06. The lowest BCUT2D eigenvalue weighted by molar-refractivity contribution is 0.281. The van der Waals surface area contributed by atoms with Gasteiger partial charge < -0.3 is 5.73 Å². The van der Waals surface area contributed by atoms with Crippen LogP contribution in [0, 0.1) is 23.0 Å². The minimum atomic E-state index is -0.787. The first-order valence-electron chi connectivity index (χ1n) is 5.69. The van der Waals surface area contributed by atoms with E-state index in [1.54, 1.807) is 6.07 Å². The van der Waals surface area contributed by atoms with Crippen LogP contribution in [0.15, 0.2) is 18.2 Å². The van der Waals surface area contributed by atoms with Crippen molar-refractivity contribution in [3.63, 3.8) is 0 Å². The molecule has 1 aliphatic rings. The second-order valence-electron chi connectivity index (χ2n) is 5.06. The molecule has 0 spiro atoms. The Bertz CT molecular complexity index is 388. The van der Waals surface area contributed by atoms with Gasteiger partial charge in [-0.2, -0.15) is 0 Å². The number of nitrogens with two attached hydrogens (primary N) is 1. The lowest BCUT2D eigenvalue weighted by atomic mass is 9.79. The highest BCUT2D eigenvalue weighted by Crippen LogP contribution is 2.46. The van der Waals surface area contributed by atoms with Crippen LogP contribution in [-0.2, 0) is 6.42 Å². The Morgan fingerprint density at radius 2 is 2.00 bits per heavy atom. The number of hydrogen-bond acceptors (Lipinski definition) is 1. The van der Waals surface area contributed by atoms with Crippen LogP contribution in [0.3, 0.4) is 0 Å². The largest absolute Gasteiger partial charge is 0.330 e. The lowest BCUT2D eigenvalue weighted by Gasteiger charge is -2.28. The quantitative estimate of drug-likeness (QED) is 0.837. The summed E-state index contributed by atoms with van der Waals surface area (Å²) in [6, 6.07) is 4.12. The van der Waals surface area contributed by atoms with Gasteiger partial charge in [0.25, 0.3) is 0 Å². The average Bonchev–Trinajstić information content (AvgIpc) is 3.07. The molecule has 0 bridgehead atoms. The van der Waals surface area contributed by atoms with Crippen LogP contribution in [0.4, 0.5) is 8.78 Å². The van der Waals surface area contributed by atoms with Gasteiger partial charge in [0.1, 0.15) is 0 Å². The van der Waals surface area contributed by atoms with Gasteiger partial charge in [0, 0.05) is 0 Å². The minimum Gasteiger partial charge on any atom is -0.330 e. The maximum absolute atomic E-state index is 13.1. The molecule has 0 radical (unpaired) electrons. The summed E-state index contributed by atoms with van der Waals surface area (Å²) in [5.41, 5.74) is 6.66. The zero-order valence-electron chi connectivity index (χ0n) is 9.47. The van der Waals surface area contributed by atoms with E-state index in [9.17, 15) is 8.78 Å². The van der Waals surface area contributed by atoms with Gasteiger partial charge in [-0.3, -0.25) is 0 Å². The first-order chi connectivity index (χ1) is 7.55. The van der Waals surface area contributed by atoms with Gasteiger partial charge in [-0.25, -0.2) is 8.78 Å². The molecule has 0 amide bonds. The van der Waals surface area contributed by atoms with Gasteiger partial charge >= 0.3 is 0 Å². The van der Waals surface area contributed by atoms with Gasteiger partial charge in [0.2, 0.25) is 0 Å². The highest BCUT2D eigenvalue weighted by atomic mass is 19.2. The van der Waals surface area contributed by atoms with Crippen molar-refractivity contribution in [1.82, 2.24) is 0 Å². The van der Waals surface area contributed by atoms with Gasteiger partial charge in [0.15, 0.2) is 11.6 Å². The van der Waals surface area contributed by atoms with E-state index in [4.69, 9.17) is 5.73 Å². The molecule has 0 heterocycles. The Morgan fingerprint density at radius 1 is 1.31 bits per heavy atom. The summed E-state index contributed by atoms with van der Waals surface area (Å²) >= 11 is 0. The van der Waals surface area contributed by atoms with E-state index in [1.165, 1.54) is 25.0 Å². The molecule has 1 fully saturated rings. The minimum absolute atomic E-state index is 0.0320. The van der Waals surface area contributed by atoms with E-state index >= 15 is 0 Å². The Hall–Kier alpha value is -0.960. The summed E-state index contributed by atoms with van der Waals surface area (Å²) in [6.07, 6.45) is 3.14. The monoisotopic (exact) mass is 225 g/mol. The van der Waals surface area contributed by atoms with Crippen LogP contribution in [0.5, 0.6) is 0 Å². The molecule has 0 aromatic heterocycles. The van der Waals surface area contributed by atoms with Crippen LogP contribution in [0.1, 0.15) is 25.3 Å². The number of rotatable bonds is 4. The Kier molecular flexibility index (Phi) is 2.98. The lowest BCUT2D eigenvalue weighted by Crippen LogP contribution is -2.31. The number of hydrogen-bond donors (Lipinski definition) is 1. The summed E-state index contributed by atoms with van der Waals surface area (Å²) in [7, 11) is 0. The van der Waals surface area contributed by atoms with E-state index in [1.807, 2.05) is 0 Å². The highest BCUT2D eigenvalue weighted by Gasteiger charge is 2.40. The molecule has 1 aromatic carbocycles. The van der Waals surface area contributed by atoms with Gasteiger partial charge in [0.05, 0.1) is 0 Å². The summed E-state index contributed by atoms with van der Waals surface area (Å²) in [5, 5.41) is 0. The van der Waals surface area contributed by atoms with Crippen molar-refractivity contribution >= 4 is 0 Å². The van der Waals surface area contributed by atoms with E-state index in [0.717, 1.165) is 12.0 Å². The molecule has 3 heteroatoms. The van der Waals surface area contributed by atoms with Gasteiger partial charge in [-0.15, -0.1) is 0 Å². The summed E-state index contributed by atoms with van der Waals surface area (Å²) in [5.74, 6) is -0.914. The van der Waals surface area contributed by atoms with Crippen molar-refractivity contribution in [2.45, 2.75) is 26.2 Å². The zero-order chi connectivity index (χ0) is 11.8. The molecule has 16 heavy (non-hydrogen) atoms. The topological polar surface area (TPSA) is 26.0 Å². The first kappa shape index (κ1) is 11.5. The van der Waals surface area contributed by atoms with Crippen molar-refractivity contribution in [3.8, 4) is 0 Å². The number of benzene rings is 1. The molecule has 1 atom stereocenters. The molecule has 1 aliphatic carbocycles. The summed E-state index contributed by atoms with van der Waals surface area (Å²) in [4.78, 5) is 0. The van der Waals surface area contributed by atoms with E-state index in [2.05, 4.69) is 6.92 Å². The summed E-state index contributed by atoms with van der Waals surface area (Å²) < 4.78 is 25.9. The Balaban J connectivity index is 2.15. The fourth-order valence-electron chi connectivity index (χ4n) is 2.28. The maximum Gasteiger partial charge on any atom is 0.159 e. The molecule has 1 unspecified atom stereocenters. The summed E-state index contributed by atoms with van der Waals surface area (Å²) in [6.45, 7) is 2.72. The molecule has 2 N–H and O–H groups in total. The average molecular weight is 225 g/mol. The maximum atomic E-state index is 13.1. The van der Waals surface area contributed by atoms with Crippen molar-refractivity contribution in [2.75, 3.05) is 6.54 Å². The van der Waals surface area contributed by atoms with Crippen molar-refractivity contribution < 1.29 is 8.78 Å². The van der Waals surface area contributed by atoms with Crippen LogP contribution < -0.4 is 5.73 Å². The molecule has 1 aromatic rings. The van der Waals surface area contributed by atoms with Gasteiger partial charge in [-0.05, 0) is 54.8 Å². The number of halogens is 2. The van der Waals surface area contributed by atoms with Crippen molar-refractivity contribution in [3.05, 3.63) is 35.4 Å². The van der Waals surface area contributed by atoms with E-state index < -0.39 is 11.6 Å². The van der Waals surface area contributed by atoms with Gasteiger partial charge in [-0.1, -0.05) is 13.0 Å².